The second kappa shape index (κ2) is 7.61. The van der Waals surface area contributed by atoms with Crippen LogP contribution in [-0.4, -0.2) is 53.6 Å². The summed E-state index contributed by atoms with van der Waals surface area (Å²) in [5.74, 6) is 0.212. The molecule has 0 unspecified atom stereocenters. The number of fused-ring (bicyclic) bond motifs is 1. The van der Waals surface area contributed by atoms with Gasteiger partial charge in [-0.3, -0.25) is 0 Å². The van der Waals surface area contributed by atoms with E-state index in [1.165, 1.54) is 10.4 Å². The van der Waals surface area contributed by atoms with Crippen LogP contribution < -0.4 is 5.32 Å². The van der Waals surface area contributed by atoms with Crippen LogP contribution in [-0.2, 0) is 10.0 Å². The SMILES string of the molecule is C=CCS(=O)(=O)N1CCC(c2cc3n(n2)[C@@H](C(F)(F)F)C[C@@H](C(C)(C)C)N3)CC1. The van der Waals surface area contributed by atoms with Crippen molar-refractivity contribution in [1.82, 2.24) is 14.1 Å². The van der Waals surface area contributed by atoms with E-state index in [1.54, 1.807) is 6.07 Å². The molecule has 1 saturated heterocycles. The number of sulfonamides is 1. The van der Waals surface area contributed by atoms with Gasteiger partial charge >= 0.3 is 6.18 Å². The molecule has 6 nitrogen and oxygen atoms in total. The van der Waals surface area contributed by atoms with Crippen LogP contribution in [0.15, 0.2) is 18.7 Å². The first-order valence-electron chi connectivity index (χ1n) is 9.84. The summed E-state index contributed by atoms with van der Waals surface area (Å²) in [6, 6.07) is -0.281. The maximum Gasteiger partial charge on any atom is 0.410 e. The Labute approximate surface area is 170 Å². The quantitative estimate of drug-likeness (QED) is 0.730. The molecular formula is C19H29F3N4O2S. The molecule has 10 heteroatoms. The number of aromatic nitrogens is 2. The topological polar surface area (TPSA) is 67.2 Å². The molecule has 0 radical (unpaired) electrons. The van der Waals surface area contributed by atoms with Crippen molar-refractivity contribution in [2.75, 3.05) is 24.2 Å². The van der Waals surface area contributed by atoms with E-state index in [1.807, 2.05) is 20.8 Å². The number of piperidine rings is 1. The minimum Gasteiger partial charge on any atom is -0.367 e. The highest BCUT2D eigenvalue weighted by Crippen LogP contribution is 2.44. The van der Waals surface area contributed by atoms with E-state index in [0.29, 0.717) is 37.4 Å². The lowest BCUT2D eigenvalue weighted by Gasteiger charge is -2.39. The van der Waals surface area contributed by atoms with Crippen molar-refractivity contribution in [1.29, 1.82) is 0 Å². The standard InChI is InChI=1S/C19H29F3N4O2S/c1-5-10-29(27,28)25-8-6-13(7-9-25)14-11-17-23-15(18(2,3)4)12-16(19(20,21)22)26(17)24-14/h5,11,13,15-16,23H,1,6-10,12H2,2-4H3/t15-,16+/m0/s1. The summed E-state index contributed by atoms with van der Waals surface area (Å²) < 4.78 is 68.0. The summed E-state index contributed by atoms with van der Waals surface area (Å²) in [4.78, 5) is 0. The molecule has 3 heterocycles. The maximum atomic E-state index is 13.7. The van der Waals surface area contributed by atoms with Gasteiger partial charge in [0.1, 0.15) is 5.82 Å². The molecule has 0 aliphatic carbocycles. The van der Waals surface area contributed by atoms with E-state index in [4.69, 9.17) is 0 Å². The van der Waals surface area contributed by atoms with Gasteiger partial charge in [0.15, 0.2) is 6.04 Å². The smallest absolute Gasteiger partial charge is 0.367 e. The van der Waals surface area contributed by atoms with Gasteiger partial charge in [-0.2, -0.15) is 18.3 Å². The third kappa shape index (κ3) is 4.63. The van der Waals surface area contributed by atoms with Gasteiger partial charge in [0, 0.05) is 31.1 Å². The summed E-state index contributed by atoms with van der Waals surface area (Å²) >= 11 is 0. The van der Waals surface area contributed by atoms with Gasteiger partial charge in [0.25, 0.3) is 0 Å². The van der Waals surface area contributed by atoms with Gasteiger partial charge in [-0.25, -0.2) is 17.4 Å². The number of alkyl halides is 3. The maximum absolute atomic E-state index is 13.7. The van der Waals surface area contributed by atoms with Gasteiger partial charge in [0.05, 0.1) is 11.4 Å². The molecule has 0 bridgehead atoms. The Hall–Kier alpha value is -1.55. The molecule has 2 atom stereocenters. The Morgan fingerprint density at radius 3 is 2.41 bits per heavy atom. The number of nitrogens with zero attached hydrogens (tertiary/aromatic N) is 3. The largest absolute Gasteiger partial charge is 0.410 e. The lowest BCUT2D eigenvalue weighted by Crippen LogP contribution is -2.44. The number of hydrogen-bond donors (Lipinski definition) is 1. The summed E-state index contributed by atoms with van der Waals surface area (Å²) in [6.45, 7) is 9.91. The van der Waals surface area contributed by atoms with E-state index in [-0.39, 0.29) is 29.5 Å². The monoisotopic (exact) mass is 434 g/mol. The second-order valence-electron chi connectivity index (χ2n) is 9.00. The molecule has 0 spiro atoms. The van der Waals surface area contributed by atoms with Crippen molar-refractivity contribution < 1.29 is 21.6 Å². The molecule has 1 N–H and O–H groups in total. The van der Waals surface area contributed by atoms with Crippen LogP contribution in [0.3, 0.4) is 0 Å². The van der Waals surface area contributed by atoms with Crippen LogP contribution >= 0.6 is 0 Å². The summed E-state index contributed by atoms with van der Waals surface area (Å²) in [7, 11) is -3.36. The molecule has 2 aliphatic rings. The van der Waals surface area contributed by atoms with E-state index in [9.17, 15) is 21.6 Å². The first-order chi connectivity index (χ1) is 13.3. The van der Waals surface area contributed by atoms with Crippen LogP contribution in [0.1, 0.15) is 57.7 Å². The molecule has 1 fully saturated rings. The van der Waals surface area contributed by atoms with Gasteiger partial charge in [0.2, 0.25) is 10.0 Å². The van der Waals surface area contributed by atoms with Crippen molar-refractivity contribution in [3.05, 3.63) is 24.4 Å². The highest BCUT2D eigenvalue weighted by molar-refractivity contribution is 7.89. The average molecular weight is 435 g/mol. The van der Waals surface area contributed by atoms with Gasteiger partial charge in [-0.1, -0.05) is 26.8 Å². The fourth-order valence-electron chi connectivity index (χ4n) is 4.05. The van der Waals surface area contributed by atoms with Gasteiger partial charge in [-0.15, -0.1) is 6.58 Å². The van der Waals surface area contributed by atoms with Crippen molar-refractivity contribution in [2.45, 2.75) is 64.2 Å². The Kier molecular flexibility index (Phi) is 5.81. The highest BCUT2D eigenvalue weighted by atomic mass is 32.2. The number of anilines is 1. The summed E-state index contributed by atoms with van der Waals surface area (Å²) in [5.41, 5.74) is 0.265. The fraction of sp³-hybridized carbons (Fsp3) is 0.737. The average Bonchev–Trinajstić information content (AvgIpc) is 3.03. The Bertz CT molecular complexity index is 850. The molecule has 0 saturated carbocycles. The summed E-state index contributed by atoms with van der Waals surface area (Å²) in [5, 5.41) is 7.54. The lowest BCUT2D eigenvalue weighted by atomic mass is 9.82. The number of rotatable bonds is 4. The van der Waals surface area contributed by atoms with E-state index >= 15 is 0 Å². The van der Waals surface area contributed by atoms with Crippen LogP contribution in [0, 0.1) is 5.41 Å². The Balaban J connectivity index is 1.81. The molecule has 1 aromatic heterocycles. The van der Waals surface area contributed by atoms with Gasteiger partial charge < -0.3 is 5.32 Å². The van der Waals surface area contributed by atoms with E-state index < -0.39 is 22.2 Å². The highest BCUT2D eigenvalue weighted by Gasteiger charge is 2.48. The van der Waals surface area contributed by atoms with Crippen molar-refractivity contribution >= 4 is 15.8 Å². The first-order valence-corrected chi connectivity index (χ1v) is 11.5. The number of nitrogens with one attached hydrogen (secondary N) is 1. The molecule has 1 aromatic rings. The summed E-state index contributed by atoms with van der Waals surface area (Å²) in [6.07, 6.45) is -2.02. The Morgan fingerprint density at radius 1 is 1.28 bits per heavy atom. The normalized spacial score (nSPS) is 24.8. The van der Waals surface area contributed by atoms with E-state index in [0.717, 1.165) is 4.68 Å². The predicted octanol–water partition coefficient (Wildman–Crippen LogP) is 3.91. The first kappa shape index (κ1) is 22.1. The molecule has 29 heavy (non-hydrogen) atoms. The predicted molar refractivity (Wildman–Crippen MR) is 106 cm³/mol. The zero-order valence-electron chi connectivity index (χ0n) is 17.0. The van der Waals surface area contributed by atoms with Crippen LogP contribution in [0.5, 0.6) is 0 Å². The van der Waals surface area contributed by atoms with E-state index in [2.05, 4.69) is 17.0 Å². The molecule has 3 rings (SSSR count). The lowest BCUT2D eigenvalue weighted by molar-refractivity contribution is -0.175. The minimum atomic E-state index is -4.38. The number of halogens is 3. The number of hydrogen-bond acceptors (Lipinski definition) is 4. The molecule has 0 amide bonds. The molecule has 2 aliphatic heterocycles. The second-order valence-corrected chi connectivity index (χ2v) is 11.0. The third-order valence-corrected chi connectivity index (χ3v) is 7.66. The Morgan fingerprint density at radius 2 is 1.90 bits per heavy atom. The van der Waals surface area contributed by atoms with Gasteiger partial charge in [-0.05, 0) is 24.7 Å². The zero-order valence-corrected chi connectivity index (χ0v) is 17.9. The zero-order chi connectivity index (χ0) is 21.6. The fourth-order valence-corrected chi connectivity index (χ4v) is 5.32. The van der Waals surface area contributed by atoms with Crippen LogP contribution in [0.4, 0.5) is 19.0 Å². The third-order valence-electron chi connectivity index (χ3n) is 5.85. The van der Waals surface area contributed by atoms with Crippen LogP contribution in [0.25, 0.3) is 0 Å². The molecular weight excluding hydrogens is 405 g/mol. The molecule has 0 aromatic carbocycles. The van der Waals surface area contributed by atoms with Crippen molar-refractivity contribution in [2.24, 2.45) is 5.41 Å². The molecule has 164 valence electrons. The van der Waals surface area contributed by atoms with Crippen LogP contribution in [0.2, 0.25) is 0 Å². The minimum absolute atomic E-state index is 0.0629. The van der Waals surface area contributed by atoms with Crippen molar-refractivity contribution in [3.8, 4) is 0 Å². The van der Waals surface area contributed by atoms with Crippen molar-refractivity contribution in [3.63, 3.8) is 0 Å².